The first kappa shape index (κ1) is 19.4. The molecule has 0 N–H and O–H groups in total. The van der Waals surface area contributed by atoms with Crippen molar-refractivity contribution in [1.29, 1.82) is 0 Å². The van der Waals surface area contributed by atoms with Crippen molar-refractivity contribution in [3.63, 3.8) is 0 Å². The molecule has 146 valence electrons. The second-order valence-electron chi connectivity index (χ2n) is 7.47. The Kier molecular flexibility index (Phi) is 6.34. The largest absolute Gasteiger partial charge is 0.355 e. The van der Waals surface area contributed by atoms with Crippen molar-refractivity contribution in [1.82, 2.24) is 14.5 Å². The van der Waals surface area contributed by atoms with Crippen LogP contribution in [0.5, 0.6) is 0 Å². The number of hydrogen-bond acceptors (Lipinski definition) is 6. The van der Waals surface area contributed by atoms with Gasteiger partial charge in [0.15, 0.2) is 11.6 Å². The molecule has 0 amide bonds. The van der Waals surface area contributed by atoms with E-state index in [1.54, 1.807) is 4.31 Å². The van der Waals surface area contributed by atoms with Crippen LogP contribution in [0.15, 0.2) is 12.1 Å². The van der Waals surface area contributed by atoms with Gasteiger partial charge in [0.05, 0.1) is 5.75 Å². The highest BCUT2D eigenvalue weighted by molar-refractivity contribution is 7.89. The highest BCUT2D eigenvalue weighted by Crippen LogP contribution is 2.22. The molecule has 2 fully saturated rings. The molecule has 0 aliphatic carbocycles. The SMILES string of the molecule is CCCCS(=O)(=O)N1CCN(c2ccc(N3CCC(C)CC3)nn2)CC1. The zero-order valence-electron chi connectivity index (χ0n) is 16.0. The van der Waals surface area contributed by atoms with Gasteiger partial charge in [-0.2, -0.15) is 4.31 Å². The van der Waals surface area contributed by atoms with E-state index in [0.717, 1.165) is 43.5 Å². The molecule has 2 aliphatic heterocycles. The summed E-state index contributed by atoms with van der Waals surface area (Å²) in [7, 11) is -3.11. The highest BCUT2D eigenvalue weighted by atomic mass is 32.2. The number of rotatable bonds is 6. The van der Waals surface area contributed by atoms with E-state index in [9.17, 15) is 8.42 Å². The van der Waals surface area contributed by atoms with Crippen LogP contribution in [0.4, 0.5) is 11.6 Å². The third kappa shape index (κ3) is 4.65. The van der Waals surface area contributed by atoms with Crippen LogP contribution in [0.1, 0.15) is 39.5 Å². The van der Waals surface area contributed by atoms with E-state index < -0.39 is 10.0 Å². The summed E-state index contributed by atoms with van der Waals surface area (Å²) in [5.41, 5.74) is 0. The number of piperidine rings is 1. The zero-order valence-corrected chi connectivity index (χ0v) is 16.8. The number of anilines is 2. The molecular weight excluding hydrogens is 350 g/mol. The topological polar surface area (TPSA) is 69.6 Å². The molecule has 2 saturated heterocycles. The van der Waals surface area contributed by atoms with E-state index in [0.29, 0.717) is 26.2 Å². The maximum atomic E-state index is 12.3. The first-order valence-electron chi connectivity index (χ1n) is 9.81. The van der Waals surface area contributed by atoms with Gasteiger partial charge >= 0.3 is 0 Å². The quantitative estimate of drug-likeness (QED) is 0.750. The van der Waals surface area contributed by atoms with Gasteiger partial charge in [0, 0.05) is 39.3 Å². The molecule has 1 aromatic heterocycles. The van der Waals surface area contributed by atoms with Crippen LogP contribution < -0.4 is 9.80 Å². The van der Waals surface area contributed by atoms with Gasteiger partial charge < -0.3 is 9.80 Å². The van der Waals surface area contributed by atoms with Crippen LogP contribution >= 0.6 is 0 Å². The lowest BCUT2D eigenvalue weighted by Gasteiger charge is -2.35. The smallest absolute Gasteiger partial charge is 0.214 e. The summed E-state index contributed by atoms with van der Waals surface area (Å²) in [5.74, 6) is 2.83. The predicted octanol–water partition coefficient (Wildman–Crippen LogP) is 1.96. The van der Waals surface area contributed by atoms with Crippen molar-refractivity contribution in [2.45, 2.75) is 39.5 Å². The molecule has 26 heavy (non-hydrogen) atoms. The molecule has 7 nitrogen and oxygen atoms in total. The Morgan fingerprint density at radius 2 is 1.50 bits per heavy atom. The van der Waals surface area contributed by atoms with Crippen LogP contribution in [0.2, 0.25) is 0 Å². The third-order valence-corrected chi connectivity index (χ3v) is 7.41. The van der Waals surface area contributed by atoms with Crippen LogP contribution in [0.3, 0.4) is 0 Å². The standard InChI is InChI=1S/C18H31N5O2S/c1-3-4-15-26(24,25)23-13-11-22(12-14-23)18-6-5-17(19-20-18)21-9-7-16(2)8-10-21/h5-6,16H,3-4,7-15H2,1-2H3. The maximum absolute atomic E-state index is 12.3. The molecule has 0 bridgehead atoms. The van der Waals surface area contributed by atoms with Gasteiger partial charge in [-0.25, -0.2) is 8.42 Å². The molecular formula is C18H31N5O2S. The van der Waals surface area contributed by atoms with Crippen LogP contribution in [-0.4, -0.2) is 67.9 Å². The number of hydrogen-bond donors (Lipinski definition) is 0. The number of piperazine rings is 1. The Morgan fingerprint density at radius 1 is 0.962 bits per heavy atom. The average molecular weight is 382 g/mol. The summed E-state index contributed by atoms with van der Waals surface area (Å²) < 4.78 is 26.2. The van der Waals surface area contributed by atoms with E-state index in [1.165, 1.54) is 12.8 Å². The van der Waals surface area contributed by atoms with Gasteiger partial charge in [0.1, 0.15) is 0 Å². The Morgan fingerprint density at radius 3 is 2.00 bits per heavy atom. The minimum atomic E-state index is -3.11. The molecule has 0 aromatic carbocycles. The molecule has 0 unspecified atom stereocenters. The lowest BCUT2D eigenvalue weighted by atomic mass is 9.99. The van der Waals surface area contributed by atoms with Crippen LogP contribution in [-0.2, 0) is 10.0 Å². The van der Waals surface area contributed by atoms with Crippen molar-refractivity contribution in [3.8, 4) is 0 Å². The van der Waals surface area contributed by atoms with E-state index in [-0.39, 0.29) is 5.75 Å². The van der Waals surface area contributed by atoms with Gasteiger partial charge in [-0.15, -0.1) is 10.2 Å². The fraction of sp³-hybridized carbons (Fsp3) is 0.778. The number of sulfonamides is 1. The Hall–Kier alpha value is -1.41. The molecule has 0 saturated carbocycles. The molecule has 0 spiro atoms. The monoisotopic (exact) mass is 381 g/mol. The lowest BCUT2D eigenvalue weighted by molar-refractivity contribution is 0.382. The second kappa shape index (κ2) is 8.52. The predicted molar refractivity (Wildman–Crippen MR) is 105 cm³/mol. The van der Waals surface area contributed by atoms with Gasteiger partial charge in [0.25, 0.3) is 0 Å². The van der Waals surface area contributed by atoms with E-state index in [2.05, 4.69) is 26.9 Å². The Labute approximate surface area is 157 Å². The first-order chi connectivity index (χ1) is 12.5. The van der Waals surface area contributed by atoms with Gasteiger partial charge in [-0.1, -0.05) is 20.3 Å². The lowest BCUT2D eigenvalue weighted by Crippen LogP contribution is -2.49. The molecule has 0 atom stereocenters. The number of nitrogens with zero attached hydrogens (tertiary/aromatic N) is 5. The number of aromatic nitrogens is 2. The molecule has 0 radical (unpaired) electrons. The summed E-state index contributed by atoms with van der Waals surface area (Å²) in [5, 5.41) is 8.81. The van der Waals surface area contributed by atoms with E-state index in [4.69, 9.17) is 0 Å². The molecule has 1 aromatic rings. The maximum Gasteiger partial charge on any atom is 0.214 e. The van der Waals surface area contributed by atoms with Gasteiger partial charge in [-0.05, 0) is 37.3 Å². The summed E-state index contributed by atoms with van der Waals surface area (Å²) in [6.45, 7) is 8.79. The number of unbranched alkanes of at least 4 members (excludes halogenated alkanes) is 1. The molecule has 3 heterocycles. The van der Waals surface area contributed by atoms with E-state index in [1.807, 2.05) is 19.1 Å². The molecule has 3 rings (SSSR count). The minimum absolute atomic E-state index is 0.256. The van der Waals surface area contributed by atoms with Crippen molar-refractivity contribution < 1.29 is 8.42 Å². The van der Waals surface area contributed by atoms with Crippen LogP contribution in [0, 0.1) is 5.92 Å². The van der Waals surface area contributed by atoms with Crippen molar-refractivity contribution in [3.05, 3.63) is 12.1 Å². The van der Waals surface area contributed by atoms with Crippen molar-refractivity contribution >= 4 is 21.7 Å². The minimum Gasteiger partial charge on any atom is -0.355 e. The summed E-state index contributed by atoms with van der Waals surface area (Å²) in [6.07, 6.45) is 4.04. The summed E-state index contributed by atoms with van der Waals surface area (Å²) >= 11 is 0. The highest BCUT2D eigenvalue weighted by Gasteiger charge is 2.27. The Bertz CT molecular complexity index is 663. The fourth-order valence-electron chi connectivity index (χ4n) is 3.54. The molecule has 8 heteroatoms. The first-order valence-corrected chi connectivity index (χ1v) is 11.4. The normalized spacial score (nSPS) is 20.5. The average Bonchev–Trinajstić information content (AvgIpc) is 2.67. The third-order valence-electron chi connectivity index (χ3n) is 5.46. The molecule has 2 aliphatic rings. The van der Waals surface area contributed by atoms with Crippen LogP contribution in [0.25, 0.3) is 0 Å². The summed E-state index contributed by atoms with van der Waals surface area (Å²) in [6, 6.07) is 4.06. The van der Waals surface area contributed by atoms with Gasteiger partial charge in [-0.3, -0.25) is 0 Å². The Balaban J connectivity index is 1.55. The van der Waals surface area contributed by atoms with Crippen molar-refractivity contribution in [2.24, 2.45) is 5.92 Å². The summed E-state index contributed by atoms with van der Waals surface area (Å²) in [4.78, 5) is 4.43. The second-order valence-corrected chi connectivity index (χ2v) is 9.56. The van der Waals surface area contributed by atoms with Crippen molar-refractivity contribution in [2.75, 3.05) is 54.8 Å². The zero-order chi connectivity index (χ0) is 18.6. The van der Waals surface area contributed by atoms with Gasteiger partial charge in [0.2, 0.25) is 10.0 Å². The van der Waals surface area contributed by atoms with E-state index >= 15 is 0 Å². The fourth-order valence-corrected chi connectivity index (χ4v) is 5.18.